The van der Waals surface area contributed by atoms with E-state index in [0.717, 1.165) is 25.7 Å². The van der Waals surface area contributed by atoms with Crippen molar-refractivity contribution >= 4 is 90.9 Å². The van der Waals surface area contributed by atoms with Crippen molar-refractivity contribution in [3.8, 4) is 0 Å². The summed E-state index contributed by atoms with van der Waals surface area (Å²) in [6, 6.07) is 34.8. The first kappa shape index (κ1) is 64.1. The van der Waals surface area contributed by atoms with Crippen molar-refractivity contribution in [2.45, 2.75) is 233 Å². The molecule has 70 heavy (non-hydrogen) atoms. The second-order valence-electron chi connectivity index (χ2n) is 19.2. The molecular weight excluding hydrogens is 1030 g/mol. The number of aryl methyl sites for hydroxylation is 4. The first-order valence-electron chi connectivity index (χ1n) is 27.9. The van der Waals surface area contributed by atoms with Crippen LogP contribution in [0.15, 0.2) is 97.1 Å². The summed E-state index contributed by atoms with van der Waals surface area (Å²) in [5.74, 6) is 0. The molecule has 0 bridgehead atoms. The van der Waals surface area contributed by atoms with Gasteiger partial charge in [-0.15, -0.1) is 0 Å². The predicted molar refractivity (Wildman–Crippen MR) is 324 cm³/mol. The van der Waals surface area contributed by atoms with E-state index in [9.17, 15) is 0 Å². The number of thiocarbonyl (C=S) groups is 2. The number of unbranched alkanes of at least 4 members (excludes halogenated alkanes) is 24. The van der Waals surface area contributed by atoms with Crippen molar-refractivity contribution in [2.75, 3.05) is 9.80 Å². The fourth-order valence-corrected chi connectivity index (χ4v) is 10.3. The van der Waals surface area contributed by atoms with Crippen molar-refractivity contribution in [3.63, 3.8) is 0 Å². The standard InChI is InChI=1S/2C31H47NS2.Mo.S/c2*1-3-5-7-9-11-13-15-21-27-23-17-19-25-29(27)32(31(33)34)30-26-20-18-24-28(30)22-16-14-12-10-8-6-4-2;;/h2*17-20,23-26H,3-16,21-22H2,1-2H3,(H,33,34);;/q;;+2;/p-2. The summed E-state index contributed by atoms with van der Waals surface area (Å²) in [6.45, 7) is 9.11. The molecule has 0 spiro atoms. The van der Waals surface area contributed by atoms with Gasteiger partial charge in [0.05, 0.1) is 0 Å². The maximum absolute atomic E-state index is 5.63. The molecule has 0 N–H and O–H groups in total. The van der Waals surface area contributed by atoms with Crippen LogP contribution in [0.25, 0.3) is 0 Å². The van der Waals surface area contributed by atoms with Crippen LogP contribution < -0.4 is 9.80 Å². The molecule has 2 nitrogen and oxygen atoms in total. The van der Waals surface area contributed by atoms with Gasteiger partial charge in [0.15, 0.2) is 0 Å². The van der Waals surface area contributed by atoms with Crippen molar-refractivity contribution in [1.82, 2.24) is 0 Å². The Kier molecular flexibility index (Phi) is 39.8. The fourth-order valence-electron chi connectivity index (χ4n) is 9.50. The van der Waals surface area contributed by atoms with E-state index in [1.54, 1.807) is 0 Å². The quantitative estimate of drug-likeness (QED) is 0.0191. The number of nitrogens with zero attached hydrogens (tertiary/aromatic N) is 2. The molecule has 0 heterocycles. The zero-order chi connectivity index (χ0) is 50.9. The summed E-state index contributed by atoms with van der Waals surface area (Å²) in [7, 11) is 4.09. The van der Waals surface area contributed by atoms with Crippen LogP contribution in [-0.4, -0.2) is 8.64 Å². The predicted octanol–water partition coefficient (Wildman–Crippen LogP) is 21.1. The van der Waals surface area contributed by atoms with Gasteiger partial charge >= 0.3 is 27.8 Å². The molecular formula is C62H92MoN2S5. The molecule has 0 unspecified atom stereocenters. The van der Waals surface area contributed by atoms with Gasteiger partial charge in [0.2, 0.25) is 0 Å². The van der Waals surface area contributed by atoms with Gasteiger partial charge in [-0.05, 0) is 97.9 Å². The van der Waals surface area contributed by atoms with Crippen molar-refractivity contribution in [1.29, 1.82) is 0 Å². The van der Waals surface area contributed by atoms with E-state index in [0.29, 0.717) is 8.64 Å². The Morgan fingerprint density at radius 3 is 0.671 bits per heavy atom. The Hall–Kier alpha value is -1.99. The minimum absolute atomic E-state index is 0.513. The van der Waals surface area contributed by atoms with Crippen LogP contribution in [0, 0.1) is 0 Å². The average molecular weight is 1120 g/mol. The molecule has 4 aromatic carbocycles. The van der Waals surface area contributed by atoms with Gasteiger partial charge in [0, 0.05) is 22.7 Å². The van der Waals surface area contributed by atoms with E-state index in [1.807, 2.05) is 0 Å². The summed E-state index contributed by atoms with van der Waals surface area (Å²) >= 11 is 24.1. The van der Waals surface area contributed by atoms with Crippen molar-refractivity contribution < 1.29 is 18.0 Å². The molecule has 4 aromatic rings. The molecule has 0 saturated heterocycles. The second-order valence-corrected chi connectivity index (χ2v) is 21.3. The van der Waals surface area contributed by atoms with Crippen LogP contribution in [0.2, 0.25) is 0 Å². The summed E-state index contributed by atoms with van der Waals surface area (Å²) in [6.07, 6.45) is 41.4. The molecule has 4 rings (SSSR count). The molecule has 0 aliphatic heterocycles. The molecule has 0 aliphatic carbocycles. The van der Waals surface area contributed by atoms with Gasteiger partial charge in [-0.1, -0.05) is 263 Å². The Morgan fingerprint density at radius 2 is 0.486 bits per heavy atom. The molecule has 0 radical (unpaired) electrons. The van der Waals surface area contributed by atoms with Crippen molar-refractivity contribution in [3.05, 3.63) is 119 Å². The number of rotatable bonds is 36. The Morgan fingerprint density at radius 1 is 0.314 bits per heavy atom. The van der Waals surface area contributed by atoms with Crippen LogP contribution in [-0.2, 0) is 68.9 Å². The van der Waals surface area contributed by atoms with Crippen LogP contribution in [0.3, 0.4) is 0 Å². The summed E-state index contributed by atoms with van der Waals surface area (Å²) in [5.41, 5.74) is 10.1. The van der Waals surface area contributed by atoms with Gasteiger partial charge in [-0.2, -0.15) is 0 Å². The maximum atomic E-state index is 5.63. The third kappa shape index (κ3) is 26.8. The van der Waals surface area contributed by atoms with Crippen LogP contribution in [0.1, 0.15) is 230 Å². The van der Waals surface area contributed by atoms with Crippen LogP contribution in [0.4, 0.5) is 22.7 Å². The summed E-state index contributed by atoms with van der Waals surface area (Å²) < 4.78 is 1.03. The zero-order valence-corrected chi connectivity index (χ0v) is 50.3. The van der Waals surface area contributed by atoms with E-state index in [1.165, 1.54) is 243 Å². The molecule has 0 aromatic heterocycles. The van der Waals surface area contributed by atoms with E-state index < -0.39 is 0 Å². The molecule has 386 valence electrons. The summed E-state index contributed by atoms with van der Waals surface area (Å²) in [5, 5.41) is 0. The van der Waals surface area contributed by atoms with E-state index in [4.69, 9.17) is 49.7 Å². The first-order chi connectivity index (χ1) is 34.4. The normalized spacial score (nSPS) is 10.7. The molecule has 0 aliphatic rings. The van der Waals surface area contributed by atoms with Crippen molar-refractivity contribution in [2.24, 2.45) is 0 Å². The molecule has 0 amide bonds. The zero-order valence-electron chi connectivity index (χ0n) is 44.2. The topological polar surface area (TPSA) is 6.48 Å². The SMILES string of the molecule is CCCCCCCCCc1ccccc1N(C(=S)[S-])c1ccccc1CCCCCCCCC.CCCCCCCCCc1ccccc1N(C(=S)[S-])c1ccccc1CCCCCCCCC.[S]=[Mo+2]. The molecule has 0 fully saturated rings. The Labute approximate surface area is 467 Å². The molecule has 0 saturated carbocycles. The van der Waals surface area contributed by atoms with Gasteiger partial charge in [-0.3, -0.25) is 0 Å². The van der Waals surface area contributed by atoms with Gasteiger partial charge in [-0.25, -0.2) is 0 Å². The number of anilines is 4. The Bertz CT molecular complexity index is 1680. The number of para-hydroxylation sites is 4. The number of hydrogen-bond acceptors (Lipinski definition) is 5. The molecule has 0 atom stereocenters. The second kappa shape index (κ2) is 43.4. The van der Waals surface area contributed by atoms with Gasteiger partial charge in [0.1, 0.15) is 0 Å². The minimum atomic E-state index is 0.513. The monoisotopic (exact) mass is 1120 g/mol. The fraction of sp³-hybridized carbons (Fsp3) is 0.581. The number of hydrogen-bond donors (Lipinski definition) is 0. The van der Waals surface area contributed by atoms with Crippen LogP contribution >= 0.6 is 34.3 Å². The Balaban J connectivity index is 0.000000464. The summed E-state index contributed by atoms with van der Waals surface area (Å²) in [4.78, 5) is 4.30. The molecule has 8 heteroatoms. The van der Waals surface area contributed by atoms with E-state index in [2.05, 4.69) is 144 Å². The third-order valence-corrected chi connectivity index (χ3v) is 14.2. The van der Waals surface area contributed by atoms with Crippen LogP contribution in [0.5, 0.6) is 0 Å². The van der Waals surface area contributed by atoms with E-state index in [-0.39, 0.29) is 0 Å². The van der Waals surface area contributed by atoms with Gasteiger partial charge < -0.3 is 59.5 Å². The third-order valence-electron chi connectivity index (χ3n) is 13.5. The van der Waals surface area contributed by atoms with Gasteiger partial charge in [0.25, 0.3) is 0 Å². The first-order valence-corrected chi connectivity index (χ1v) is 32.3. The average Bonchev–Trinajstić information content (AvgIpc) is 3.37. The van der Waals surface area contributed by atoms with E-state index >= 15 is 0 Å². The number of benzene rings is 4.